The molecule has 4 aromatic rings. The maximum absolute atomic E-state index is 12.9. The van der Waals surface area contributed by atoms with E-state index in [-0.39, 0.29) is 12.5 Å². The summed E-state index contributed by atoms with van der Waals surface area (Å²) < 4.78 is 6.82. The molecule has 0 atom stereocenters. The third-order valence-corrected chi connectivity index (χ3v) is 4.03. The van der Waals surface area contributed by atoms with Gasteiger partial charge in [0.1, 0.15) is 11.2 Å². The summed E-state index contributed by atoms with van der Waals surface area (Å²) in [5.41, 5.74) is 3.20. The fourth-order valence-electron chi connectivity index (χ4n) is 2.79. The second-order valence-electron chi connectivity index (χ2n) is 5.91. The van der Waals surface area contributed by atoms with Crippen molar-refractivity contribution in [2.45, 2.75) is 13.5 Å². The van der Waals surface area contributed by atoms with Gasteiger partial charge in [-0.05, 0) is 31.2 Å². The standard InChI is InChI=1S/C18H16N6O2/c1-12-17(16-7-5-9-20-24(16)21-12)18(25)23(2)11-13-10-15(22-26-13)14-6-3-4-8-19-14/h3-10H,11H2,1-2H3. The average Bonchev–Trinajstić information content (AvgIpc) is 3.25. The molecular formula is C18H16N6O2. The summed E-state index contributed by atoms with van der Waals surface area (Å²) in [5.74, 6) is 0.426. The lowest BCUT2D eigenvalue weighted by atomic mass is 10.2. The Hall–Kier alpha value is -3.55. The van der Waals surface area contributed by atoms with Crippen LogP contribution in [0.5, 0.6) is 0 Å². The topological polar surface area (TPSA) is 89.4 Å². The molecule has 1 amide bonds. The predicted molar refractivity (Wildman–Crippen MR) is 93.3 cm³/mol. The van der Waals surface area contributed by atoms with Crippen LogP contribution >= 0.6 is 0 Å². The van der Waals surface area contributed by atoms with Gasteiger partial charge in [0.15, 0.2) is 5.76 Å². The van der Waals surface area contributed by atoms with Crippen molar-refractivity contribution in [3.05, 3.63) is 65.8 Å². The van der Waals surface area contributed by atoms with Crippen molar-refractivity contribution < 1.29 is 9.32 Å². The number of fused-ring (bicyclic) bond motifs is 1. The number of rotatable bonds is 4. The van der Waals surface area contributed by atoms with Crippen LogP contribution in [-0.2, 0) is 6.54 Å². The summed E-state index contributed by atoms with van der Waals surface area (Å²) in [6, 6.07) is 11.0. The minimum absolute atomic E-state index is 0.152. The summed E-state index contributed by atoms with van der Waals surface area (Å²) in [6.07, 6.45) is 3.33. The first-order chi connectivity index (χ1) is 12.6. The van der Waals surface area contributed by atoms with Gasteiger partial charge in [-0.3, -0.25) is 9.78 Å². The van der Waals surface area contributed by atoms with E-state index in [1.54, 1.807) is 43.4 Å². The number of hydrogen-bond acceptors (Lipinski definition) is 6. The molecule has 8 heteroatoms. The van der Waals surface area contributed by atoms with Crippen LogP contribution in [-0.4, -0.2) is 42.8 Å². The third kappa shape index (κ3) is 2.81. The molecule has 0 spiro atoms. The Labute approximate surface area is 149 Å². The highest BCUT2D eigenvalue weighted by Gasteiger charge is 2.22. The lowest BCUT2D eigenvalue weighted by molar-refractivity contribution is 0.0773. The van der Waals surface area contributed by atoms with Gasteiger partial charge in [0, 0.05) is 25.5 Å². The largest absolute Gasteiger partial charge is 0.359 e. The van der Waals surface area contributed by atoms with E-state index in [1.165, 1.54) is 4.63 Å². The lowest BCUT2D eigenvalue weighted by Crippen LogP contribution is -2.26. The van der Waals surface area contributed by atoms with Crippen molar-refractivity contribution in [2.24, 2.45) is 0 Å². The van der Waals surface area contributed by atoms with E-state index in [0.717, 1.165) is 5.69 Å². The minimum atomic E-state index is -0.152. The molecular weight excluding hydrogens is 332 g/mol. The maximum atomic E-state index is 12.9. The molecule has 0 fully saturated rings. The van der Waals surface area contributed by atoms with Gasteiger partial charge in [-0.1, -0.05) is 11.2 Å². The Balaban J connectivity index is 1.56. The molecule has 0 aromatic carbocycles. The number of aryl methyl sites for hydroxylation is 1. The molecule has 4 rings (SSSR count). The molecule has 4 aromatic heterocycles. The van der Waals surface area contributed by atoms with Gasteiger partial charge in [0.05, 0.1) is 23.5 Å². The molecule has 0 saturated carbocycles. The number of pyridine rings is 1. The number of amides is 1. The molecule has 8 nitrogen and oxygen atoms in total. The van der Waals surface area contributed by atoms with Crippen molar-refractivity contribution in [2.75, 3.05) is 7.05 Å². The van der Waals surface area contributed by atoms with E-state index < -0.39 is 0 Å². The molecule has 0 aliphatic carbocycles. The molecule has 0 N–H and O–H groups in total. The van der Waals surface area contributed by atoms with Gasteiger partial charge in [-0.2, -0.15) is 14.8 Å². The van der Waals surface area contributed by atoms with Gasteiger partial charge in [0.2, 0.25) is 0 Å². The van der Waals surface area contributed by atoms with Crippen LogP contribution in [0.15, 0.2) is 53.3 Å². The Bertz CT molecular complexity index is 1070. The maximum Gasteiger partial charge on any atom is 0.258 e. The summed E-state index contributed by atoms with van der Waals surface area (Å²) >= 11 is 0. The van der Waals surface area contributed by atoms with Crippen LogP contribution in [0.25, 0.3) is 16.9 Å². The molecule has 0 radical (unpaired) electrons. The smallest absolute Gasteiger partial charge is 0.258 e. The first-order valence-corrected chi connectivity index (χ1v) is 8.06. The number of hydrogen-bond donors (Lipinski definition) is 0. The fourth-order valence-corrected chi connectivity index (χ4v) is 2.79. The highest BCUT2D eigenvalue weighted by Crippen LogP contribution is 2.20. The van der Waals surface area contributed by atoms with E-state index in [0.29, 0.717) is 28.2 Å². The number of aromatic nitrogens is 5. The monoisotopic (exact) mass is 348 g/mol. The van der Waals surface area contributed by atoms with Crippen LogP contribution in [0.2, 0.25) is 0 Å². The third-order valence-electron chi connectivity index (χ3n) is 4.03. The average molecular weight is 348 g/mol. The van der Waals surface area contributed by atoms with Crippen LogP contribution in [0.4, 0.5) is 0 Å². The second-order valence-corrected chi connectivity index (χ2v) is 5.91. The van der Waals surface area contributed by atoms with E-state index >= 15 is 0 Å². The van der Waals surface area contributed by atoms with Crippen molar-refractivity contribution >= 4 is 11.4 Å². The Kier molecular flexibility index (Phi) is 3.92. The molecule has 0 aliphatic rings. The fraction of sp³-hybridized carbons (Fsp3) is 0.167. The van der Waals surface area contributed by atoms with Crippen molar-refractivity contribution in [3.8, 4) is 11.4 Å². The van der Waals surface area contributed by atoms with Crippen LogP contribution in [0, 0.1) is 6.92 Å². The zero-order chi connectivity index (χ0) is 18.1. The van der Waals surface area contributed by atoms with Crippen LogP contribution in [0.1, 0.15) is 21.8 Å². The zero-order valence-corrected chi connectivity index (χ0v) is 14.3. The Morgan fingerprint density at radius 1 is 1.19 bits per heavy atom. The predicted octanol–water partition coefficient (Wildman–Crippen LogP) is 2.36. The van der Waals surface area contributed by atoms with Crippen molar-refractivity contribution in [1.82, 2.24) is 29.9 Å². The van der Waals surface area contributed by atoms with E-state index in [4.69, 9.17) is 4.52 Å². The van der Waals surface area contributed by atoms with Crippen LogP contribution in [0.3, 0.4) is 0 Å². The zero-order valence-electron chi connectivity index (χ0n) is 14.3. The lowest BCUT2D eigenvalue weighted by Gasteiger charge is -2.15. The van der Waals surface area contributed by atoms with Gasteiger partial charge in [-0.15, -0.1) is 0 Å². The normalized spacial score (nSPS) is 11.0. The number of nitrogens with zero attached hydrogens (tertiary/aromatic N) is 6. The Morgan fingerprint density at radius 2 is 2.08 bits per heavy atom. The molecule has 130 valence electrons. The van der Waals surface area contributed by atoms with Gasteiger partial charge in [-0.25, -0.2) is 0 Å². The second kappa shape index (κ2) is 6.40. The summed E-state index contributed by atoms with van der Waals surface area (Å²) in [4.78, 5) is 18.7. The molecule has 0 bridgehead atoms. The van der Waals surface area contributed by atoms with E-state index in [9.17, 15) is 4.79 Å². The quantitative estimate of drug-likeness (QED) is 0.562. The van der Waals surface area contributed by atoms with Gasteiger partial charge < -0.3 is 9.42 Å². The van der Waals surface area contributed by atoms with E-state index in [1.807, 2.05) is 24.3 Å². The molecule has 4 heterocycles. The number of carbonyl (C=O) groups is 1. The van der Waals surface area contributed by atoms with E-state index in [2.05, 4.69) is 20.3 Å². The first-order valence-electron chi connectivity index (χ1n) is 8.06. The molecule has 0 unspecified atom stereocenters. The van der Waals surface area contributed by atoms with Gasteiger partial charge >= 0.3 is 0 Å². The first kappa shape index (κ1) is 15.9. The molecule has 26 heavy (non-hydrogen) atoms. The Morgan fingerprint density at radius 3 is 2.88 bits per heavy atom. The molecule has 0 aliphatic heterocycles. The highest BCUT2D eigenvalue weighted by atomic mass is 16.5. The summed E-state index contributed by atoms with van der Waals surface area (Å²) in [7, 11) is 1.71. The number of carbonyl (C=O) groups excluding carboxylic acids is 1. The van der Waals surface area contributed by atoms with Crippen molar-refractivity contribution in [1.29, 1.82) is 0 Å². The van der Waals surface area contributed by atoms with Crippen LogP contribution < -0.4 is 0 Å². The van der Waals surface area contributed by atoms with Crippen molar-refractivity contribution in [3.63, 3.8) is 0 Å². The SMILES string of the molecule is Cc1nn2ncccc2c1C(=O)N(C)Cc1cc(-c2ccccn2)no1. The summed E-state index contributed by atoms with van der Waals surface area (Å²) in [6.45, 7) is 2.08. The summed E-state index contributed by atoms with van der Waals surface area (Å²) in [5, 5.41) is 12.4. The molecule has 0 saturated heterocycles. The highest BCUT2D eigenvalue weighted by molar-refractivity contribution is 6.01. The minimum Gasteiger partial charge on any atom is -0.359 e. The van der Waals surface area contributed by atoms with Gasteiger partial charge in [0.25, 0.3) is 5.91 Å².